The highest BCUT2D eigenvalue weighted by atomic mass is 19.1. The van der Waals surface area contributed by atoms with Crippen molar-refractivity contribution in [3.05, 3.63) is 40.7 Å². The fourth-order valence-corrected chi connectivity index (χ4v) is 4.27. The van der Waals surface area contributed by atoms with Crippen LogP contribution in [0.1, 0.15) is 49.5 Å². The van der Waals surface area contributed by atoms with Gasteiger partial charge in [-0.1, -0.05) is 5.57 Å². The van der Waals surface area contributed by atoms with E-state index in [0.29, 0.717) is 31.0 Å². The molecule has 1 atom stereocenters. The molecule has 2 aliphatic rings. The molecule has 0 radical (unpaired) electrons. The van der Waals surface area contributed by atoms with E-state index in [0.717, 1.165) is 29.7 Å². The van der Waals surface area contributed by atoms with E-state index in [4.69, 9.17) is 4.74 Å². The van der Waals surface area contributed by atoms with E-state index in [9.17, 15) is 14.0 Å². The number of dihydropyridines is 1. The van der Waals surface area contributed by atoms with Gasteiger partial charge in [-0.2, -0.15) is 0 Å². The van der Waals surface area contributed by atoms with Gasteiger partial charge in [0, 0.05) is 49.3 Å². The minimum Gasteiger partial charge on any atom is -0.381 e. The number of ether oxygens (including phenoxy) is 1. The molecule has 0 saturated carbocycles. The predicted octanol–water partition coefficient (Wildman–Crippen LogP) is 3.43. The van der Waals surface area contributed by atoms with Gasteiger partial charge in [0.15, 0.2) is 0 Å². The molecule has 3 rings (SSSR count). The molecule has 0 bridgehead atoms. The SMILES string of the molecule is CCN(c1cc(F)cc(C(=O)NCC2C(=O)N=C(C)C=C2C)c1C)C1CCOCC1. The lowest BCUT2D eigenvalue weighted by Gasteiger charge is -2.36. The number of carbonyl (C=O) groups is 2. The van der Waals surface area contributed by atoms with Crippen LogP contribution in [0.15, 0.2) is 28.8 Å². The van der Waals surface area contributed by atoms with Gasteiger partial charge in [0.1, 0.15) is 5.82 Å². The van der Waals surface area contributed by atoms with Crippen molar-refractivity contribution < 1.29 is 18.7 Å². The first-order chi connectivity index (χ1) is 14.3. The second-order valence-electron chi connectivity index (χ2n) is 7.97. The third-order valence-corrected chi connectivity index (χ3v) is 5.91. The normalized spacial score (nSPS) is 19.9. The number of hydrogen-bond donors (Lipinski definition) is 1. The highest BCUT2D eigenvalue weighted by Gasteiger charge is 2.27. The van der Waals surface area contributed by atoms with Crippen molar-refractivity contribution >= 4 is 23.2 Å². The van der Waals surface area contributed by atoms with Crippen LogP contribution in [-0.4, -0.2) is 49.9 Å². The van der Waals surface area contributed by atoms with Crippen molar-refractivity contribution in [2.24, 2.45) is 10.9 Å². The Labute approximate surface area is 177 Å². The van der Waals surface area contributed by atoms with Crippen molar-refractivity contribution in [2.45, 2.75) is 46.6 Å². The van der Waals surface area contributed by atoms with Crippen molar-refractivity contribution in [3.8, 4) is 0 Å². The van der Waals surface area contributed by atoms with E-state index in [-0.39, 0.29) is 24.4 Å². The van der Waals surface area contributed by atoms with Gasteiger partial charge < -0.3 is 15.0 Å². The fraction of sp³-hybridized carbons (Fsp3) is 0.522. The Hall–Kier alpha value is -2.54. The van der Waals surface area contributed by atoms with E-state index < -0.39 is 11.7 Å². The van der Waals surface area contributed by atoms with Crippen LogP contribution in [0.2, 0.25) is 0 Å². The first-order valence-corrected chi connectivity index (χ1v) is 10.5. The number of allylic oxidation sites excluding steroid dienone is 1. The summed E-state index contributed by atoms with van der Waals surface area (Å²) in [6.07, 6.45) is 3.60. The number of nitrogens with one attached hydrogen (secondary N) is 1. The summed E-state index contributed by atoms with van der Waals surface area (Å²) in [5.41, 5.74) is 3.29. The first kappa shape index (κ1) is 22.2. The summed E-state index contributed by atoms with van der Waals surface area (Å²) in [5.74, 6) is -1.58. The number of amides is 2. The van der Waals surface area contributed by atoms with Crippen LogP contribution in [0.3, 0.4) is 0 Å². The first-order valence-electron chi connectivity index (χ1n) is 10.5. The lowest BCUT2D eigenvalue weighted by atomic mass is 9.95. The third-order valence-electron chi connectivity index (χ3n) is 5.91. The summed E-state index contributed by atoms with van der Waals surface area (Å²) in [4.78, 5) is 31.2. The largest absolute Gasteiger partial charge is 0.381 e. The van der Waals surface area contributed by atoms with Crippen molar-refractivity contribution in [1.29, 1.82) is 0 Å². The summed E-state index contributed by atoms with van der Waals surface area (Å²) in [7, 11) is 0. The molecule has 162 valence electrons. The van der Waals surface area contributed by atoms with Crippen molar-refractivity contribution in [1.82, 2.24) is 5.32 Å². The molecule has 2 amide bonds. The molecular weight excluding hydrogens is 385 g/mol. The minimum atomic E-state index is -0.486. The Kier molecular flexibility index (Phi) is 7.02. The van der Waals surface area contributed by atoms with Crippen molar-refractivity contribution in [3.63, 3.8) is 0 Å². The molecule has 1 aromatic rings. The zero-order valence-electron chi connectivity index (χ0n) is 18.1. The number of halogens is 1. The summed E-state index contributed by atoms with van der Waals surface area (Å²) in [6.45, 7) is 9.73. The summed E-state index contributed by atoms with van der Waals surface area (Å²) in [5, 5.41) is 2.80. The second-order valence-corrected chi connectivity index (χ2v) is 7.97. The number of nitrogens with zero attached hydrogens (tertiary/aromatic N) is 2. The van der Waals surface area contributed by atoms with E-state index in [1.54, 1.807) is 6.92 Å². The third kappa shape index (κ3) is 4.78. The molecule has 0 spiro atoms. The van der Waals surface area contributed by atoms with Crippen molar-refractivity contribution in [2.75, 3.05) is 31.2 Å². The molecule has 6 nitrogen and oxygen atoms in total. The Morgan fingerprint density at radius 1 is 1.27 bits per heavy atom. The molecule has 1 saturated heterocycles. The number of rotatable bonds is 6. The maximum atomic E-state index is 14.5. The molecule has 0 aromatic heterocycles. The maximum Gasteiger partial charge on any atom is 0.254 e. The Balaban J connectivity index is 1.79. The van der Waals surface area contributed by atoms with E-state index in [2.05, 4.69) is 15.2 Å². The van der Waals surface area contributed by atoms with E-state index in [1.807, 2.05) is 26.8 Å². The molecular formula is C23H30FN3O3. The maximum absolute atomic E-state index is 14.5. The number of carbonyl (C=O) groups excluding carboxylic acids is 2. The topological polar surface area (TPSA) is 71.0 Å². The molecule has 30 heavy (non-hydrogen) atoms. The molecule has 2 heterocycles. The van der Waals surface area contributed by atoms with E-state index >= 15 is 0 Å². The lowest BCUT2D eigenvalue weighted by molar-refractivity contribution is -0.120. The van der Waals surface area contributed by atoms with Crippen LogP contribution in [0.5, 0.6) is 0 Å². The summed E-state index contributed by atoms with van der Waals surface area (Å²) < 4.78 is 19.9. The molecule has 1 fully saturated rings. The molecule has 7 heteroatoms. The van der Waals surface area contributed by atoms with Crippen LogP contribution < -0.4 is 10.2 Å². The van der Waals surface area contributed by atoms with Gasteiger partial charge in [-0.25, -0.2) is 9.38 Å². The van der Waals surface area contributed by atoms with Gasteiger partial charge in [-0.3, -0.25) is 9.59 Å². The highest BCUT2D eigenvalue weighted by molar-refractivity contribution is 6.06. The Bertz CT molecular complexity index is 888. The fourth-order valence-electron chi connectivity index (χ4n) is 4.27. The zero-order chi connectivity index (χ0) is 21.8. The van der Waals surface area contributed by atoms with Gasteiger partial charge in [0.2, 0.25) is 0 Å². The second kappa shape index (κ2) is 9.51. The number of hydrogen-bond acceptors (Lipinski definition) is 4. The van der Waals surface area contributed by atoms with Gasteiger partial charge in [0.05, 0.1) is 5.92 Å². The standard InChI is InChI=1S/C23H30FN3O3/c1-5-27(18-6-8-30-9-7-18)21-12-17(24)11-19(16(21)4)22(28)25-13-20-14(2)10-15(3)26-23(20)29/h10-12,18,20H,5-9,13H2,1-4H3,(H,25,28). The predicted molar refractivity (Wildman–Crippen MR) is 116 cm³/mol. The minimum absolute atomic E-state index is 0.138. The van der Waals surface area contributed by atoms with Gasteiger partial charge in [-0.15, -0.1) is 0 Å². The van der Waals surface area contributed by atoms with Crippen LogP contribution in [-0.2, 0) is 9.53 Å². The summed E-state index contributed by atoms with van der Waals surface area (Å²) in [6, 6.07) is 3.02. The molecule has 1 unspecified atom stereocenters. The number of aliphatic imine (C=N–C) groups is 1. The number of benzene rings is 1. The average molecular weight is 416 g/mol. The summed E-state index contributed by atoms with van der Waals surface area (Å²) >= 11 is 0. The van der Waals surface area contributed by atoms with Crippen LogP contribution in [0.4, 0.5) is 10.1 Å². The Morgan fingerprint density at radius 3 is 2.60 bits per heavy atom. The zero-order valence-corrected chi connectivity index (χ0v) is 18.1. The molecule has 1 aromatic carbocycles. The molecule has 0 aliphatic carbocycles. The highest BCUT2D eigenvalue weighted by Crippen LogP contribution is 2.29. The molecule has 1 N–H and O–H groups in total. The van der Waals surface area contributed by atoms with Gasteiger partial charge >= 0.3 is 0 Å². The number of anilines is 1. The lowest BCUT2D eigenvalue weighted by Crippen LogP contribution is -2.40. The monoisotopic (exact) mass is 415 g/mol. The van der Waals surface area contributed by atoms with Gasteiger partial charge in [0.25, 0.3) is 11.8 Å². The average Bonchev–Trinajstić information content (AvgIpc) is 2.70. The Morgan fingerprint density at radius 2 is 1.97 bits per heavy atom. The van der Waals surface area contributed by atoms with Crippen LogP contribution >= 0.6 is 0 Å². The van der Waals surface area contributed by atoms with Crippen LogP contribution in [0.25, 0.3) is 0 Å². The van der Waals surface area contributed by atoms with Gasteiger partial charge in [-0.05, 0) is 64.3 Å². The van der Waals surface area contributed by atoms with E-state index in [1.165, 1.54) is 12.1 Å². The quantitative estimate of drug-likeness (QED) is 0.773. The van der Waals surface area contributed by atoms with Crippen LogP contribution in [0, 0.1) is 18.7 Å². The smallest absolute Gasteiger partial charge is 0.254 e. The molecule has 2 aliphatic heterocycles.